The third-order valence-electron chi connectivity index (χ3n) is 10.4. The number of aliphatic carboxylic acids is 1. The smallest absolute Gasteiger partial charge is 0.326 e. The first-order chi connectivity index (χ1) is 21.3. The van der Waals surface area contributed by atoms with Crippen molar-refractivity contribution in [3.8, 4) is 11.6 Å². The van der Waals surface area contributed by atoms with E-state index in [1.165, 1.54) is 4.90 Å². The molecule has 1 aliphatic carbocycles. The lowest BCUT2D eigenvalue weighted by molar-refractivity contribution is -0.167. The molecule has 1 saturated heterocycles. The highest BCUT2D eigenvalue weighted by Gasteiger charge is 2.52. The molecule has 1 N–H and O–H groups in total. The van der Waals surface area contributed by atoms with Crippen LogP contribution >= 0.6 is 0 Å². The van der Waals surface area contributed by atoms with Gasteiger partial charge < -0.3 is 24.2 Å². The van der Waals surface area contributed by atoms with Crippen molar-refractivity contribution in [1.82, 2.24) is 14.9 Å². The number of aromatic nitrogens is 2. The highest BCUT2D eigenvalue weighted by atomic mass is 16.6. The van der Waals surface area contributed by atoms with Crippen LogP contribution in [0, 0.1) is 23.2 Å². The van der Waals surface area contributed by atoms with Crippen molar-refractivity contribution in [2.45, 2.75) is 117 Å². The topological polar surface area (TPSA) is 128 Å². The Morgan fingerprint density at radius 2 is 1.87 bits per heavy atom. The van der Waals surface area contributed by atoms with E-state index in [1.54, 1.807) is 7.11 Å². The van der Waals surface area contributed by atoms with E-state index < -0.39 is 46.9 Å². The number of nitrogens with zero attached hydrogens (tertiary/aromatic N) is 3. The molecule has 1 saturated carbocycles. The van der Waals surface area contributed by atoms with Crippen LogP contribution in [0.3, 0.4) is 0 Å². The Balaban J connectivity index is 1.56. The molecule has 2 fully saturated rings. The van der Waals surface area contributed by atoms with E-state index in [0.717, 1.165) is 56.2 Å². The Hall–Kier alpha value is -3.43. The lowest BCUT2D eigenvalue weighted by Crippen LogP contribution is -2.49. The standard InChI is InChI=1S/C35H49N3O7/c1-7-23-28-20-38(30(23)33(41)42)32(40)24(34(2,3)4)19-29(39)45-35(5)17-11-13-21(35)12-9-8-10-14-26-31(44-28)37-27-18-22(43-6)15-16-25(27)36-26/h15-16,18,21,23-24,28,30H,7-14,17,19-20H2,1-6H3,(H,41,42)/t21-,23-,24-,28+,30?,35-/m1/s1. The Kier molecular flexibility index (Phi) is 9.61. The van der Waals surface area contributed by atoms with Gasteiger partial charge >= 0.3 is 11.9 Å². The normalized spacial score (nSPS) is 30.1. The largest absolute Gasteiger partial charge is 0.497 e. The molecule has 3 aliphatic rings. The maximum absolute atomic E-state index is 14.3. The summed E-state index contributed by atoms with van der Waals surface area (Å²) in [4.78, 5) is 51.8. The Morgan fingerprint density at radius 3 is 2.56 bits per heavy atom. The minimum absolute atomic E-state index is 0.0764. The number of methoxy groups -OCH3 is 1. The summed E-state index contributed by atoms with van der Waals surface area (Å²) in [6.07, 6.45) is 7.09. The van der Waals surface area contributed by atoms with Crippen LogP contribution in [-0.4, -0.2) is 69.2 Å². The van der Waals surface area contributed by atoms with Crippen molar-refractivity contribution >= 4 is 28.9 Å². The van der Waals surface area contributed by atoms with Gasteiger partial charge in [0.2, 0.25) is 11.8 Å². The number of aryl methyl sites for hydroxylation is 1. The molecule has 1 unspecified atom stereocenters. The Bertz CT molecular complexity index is 1420. The minimum atomic E-state index is -1.09. The van der Waals surface area contributed by atoms with E-state index in [-0.39, 0.29) is 24.8 Å². The van der Waals surface area contributed by atoms with Crippen LogP contribution in [0.5, 0.6) is 11.6 Å². The van der Waals surface area contributed by atoms with Gasteiger partial charge in [0.15, 0.2) is 0 Å². The van der Waals surface area contributed by atoms with Gasteiger partial charge in [-0.1, -0.05) is 40.5 Å². The molecule has 1 amide bonds. The van der Waals surface area contributed by atoms with E-state index >= 15 is 0 Å². The molecule has 2 aromatic rings. The number of benzene rings is 1. The first-order valence-corrected chi connectivity index (χ1v) is 16.6. The fraction of sp³-hybridized carbons (Fsp3) is 0.686. The predicted molar refractivity (Wildman–Crippen MR) is 169 cm³/mol. The molecule has 45 heavy (non-hydrogen) atoms. The van der Waals surface area contributed by atoms with Crippen molar-refractivity contribution in [1.29, 1.82) is 0 Å². The van der Waals surface area contributed by atoms with Gasteiger partial charge in [-0.2, -0.15) is 0 Å². The number of hydrogen-bond donors (Lipinski definition) is 1. The molecule has 2 aliphatic heterocycles. The molecular formula is C35H49N3O7. The maximum Gasteiger partial charge on any atom is 0.326 e. The summed E-state index contributed by atoms with van der Waals surface area (Å²) in [7, 11) is 1.60. The Labute approximate surface area is 266 Å². The number of fused-ring (bicyclic) bond motifs is 5. The molecule has 6 atom stereocenters. The highest BCUT2D eigenvalue weighted by Crippen LogP contribution is 2.43. The zero-order valence-corrected chi connectivity index (χ0v) is 27.6. The van der Waals surface area contributed by atoms with Crippen LogP contribution in [0.15, 0.2) is 18.2 Å². The second-order valence-corrected chi connectivity index (χ2v) is 14.4. The lowest BCUT2D eigenvalue weighted by atomic mass is 9.77. The van der Waals surface area contributed by atoms with Crippen LogP contribution in [0.25, 0.3) is 11.0 Å². The summed E-state index contributed by atoms with van der Waals surface area (Å²) in [5.41, 5.74) is 0.918. The molecular weight excluding hydrogens is 574 g/mol. The second-order valence-electron chi connectivity index (χ2n) is 14.4. The van der Waals surface area contributed by atoms with Gasteiger partial charge in [-0.3, -0.25) is 9.59 Å². The number of amides is 1. The van der Waals surface area contributed by atoms with Gasteiger partial charge in [-0.15, -0.1) is 0 Å². The average Bonchev–Trinajstić information content (AvgIpc) is 3.53. The van der Waals surface area contributed by atoms with Crippen molar-refractivity contribution in [3.05, 3.63) is 23.9 Å². The van der Waals surface area contributed by atoms with Crippen LogP contribution in [0.1, 0.15) is 98.1 Å². The van der Waals surface area contributed by atoms with Gasteiger partial charge in [0.25, 0.3) is 0 Å². The summed E-state index contributed by atoms with van der Waals surface area (Å²) < 4.78 is 18.2. The fourth-order valence-corrected chi connectivity index (χ4v) is 7.70. The quantitative estimate of drug-likeness (QED) is 0.411. The number of carboxylic acids is 1. The van der Waals surface area contributed by atoms with E-state index in [9.17, 15) is 19.5 Å². The van der Waals surface area contributed by atoms with Crippen LogP contribution in [0.4, 0.5) is 0 Å². The third kappa shape index (κ3) is 6.89. The van der Waals surface area contributed by atoms with E-state index in [0.29, 0.717) is 30.0 Å². The van der Waals surface area contributed by atoms with Crippen LogP contribution in [-0.2, 0) is 25.5 Å². The average molecular weight is 624 g/mol. The lowest BCUT2D eigenvalue weighted by Gasteiger charge is -2.36. The number of ether oxygens (including phenoxy) is 3. The molecule has 10 heteroatoms. The SMILES string of the molecule is CC[C@H]1C(C(=O)O)N2C[C@@H]1Oc1nc3cc(OC)ccc3nc1CCCCC[C@@H]1CCC[C@@]1(C)OC(=O)C[C@@H](C(C)(C)C)C2=O. The number of hydrogen-bond acceptors (Lipinski definition) is 8. The molecule has 2 bridgehead atoms. The van der Waals surface area contributed by atoms with Crippen molar-refractivity contribution in [3.63, 3.8) is 0 Å². The van der Waals surface area contributed by atoms with E-state index in [4.69, 9.17) is 24.2 Å². The summed E-state index contributed by atoms with van der Waals surface area (Å²) in [5.74, 6) is -1.78. The zero-order chi connectivity index (χ0) is 32.5. The monoisotopic (exact) mass is 623 g/mol. The number of esters is 1. The molecule has 3 heterocycles. The van der Waals surface area contributed by atoms with E-state index in [2.05, 4.69) is 0 Å². The maximum atomic E-state index is 14.3. The van der Waals surface area contributed by atoms with Gasteiger partial charge in [-0.25, -0.2) is 14.8 Å². The molecule has 10 nitrogen and oxygen atoms in total. The molecule has 1 aromatic carbocycles. The number of carbonyl (C=O) groups is 3. The van der Waals surface area contributed by atoms with E-state index in [1.807, 2.05) is 52.8 Å². The summed E-state index contributed by atoms with van der Waals surface area (Å²) >= 11 is 0. The summed E-state index contributed by atoms with van der Waals surface area (Å²) in [5, 5.41) is 10.4. The number of carboxylic acid groups (broad SMARTS) is 1. The molecule has 1 aromatic heterocycles. The second kappa shape index (κ2) is 13.1. The van der Waals surface area contributed by atoms with Gasteiger partial charge in [0, 0.05) is 12.0 Å². The Morgan fingerprint density at radius 1 is 1.11 bits per heavy atom. The molecule has 0 radical (unpaired) electrons. The number of carbonyl (C=O) groups excluding carboxylic acids is 2. The fourth-order valence-electron chi connectivity index (χ4n) is 7.70. The molecule has 246 valence electrons. The van der Waals surface area contributed by atoms with Crippen molar-refractivity contribution in [2.75, 3.05) is 13.7 Å². The minimum Gasteiger partial charge on any atom is -0.497 e. The zero-order valence-electron chi connectivity index (χ0n) is 27.6. The third-order valence-corrected chi connectivity index (χ3v) is 10.4. The number of rotatable bonds is 3. The molecule has 0 spiro atoms. The first kappa shape index (κ1) is 32.9. The summed E-state index contributed by atoms with van der Waals surface area (Å²) in [6, 6.07) is 4.45. The summed E-state index contributed by atoms with van der Waals surface area (Å²) in [6.45, 7) is 9.77. The molecule has 5 rings (SSSR count). The van der Waals surface area contributed by atoms with Crippen LogP contribution in [0.2, 0.25) is 0 Å². The predicted octanol–water partition coefficient (Wildman–Crippen LogP) is 5.98. The van der Waals surface area contributed by atoms with Gasteiger partial charge in [0.1, 0.15) is 29.2 Å². The highest BCUT2D eigenvalue weighted by molar-refractivity contribution is 5.89. The van der Waals surface area contributed by atoms with Gasteiger partial charge in [0.05, 0.1) is 37.0 Å². The van der Waals surface area contributed by atoms with Crippen molar-refractivity contribution in [2.24, 2.45) is 23.2 Å². The van der Waals surface area contributed by atoms with Gasteiger partial charge in [-0.05, 0) is 75.3 Å². The van der Waals surface area contributed by atoms with Crippen molar-refractivity contribution < 1.29 is 33.7 Å². The van der Waals surface area contributed by atoms with Crippen LogP contribution < -0.4 is 9.47 Å². The first-order valence-electron chi connectivity index (χ1n) is 16.6.